The highest BCUT2D eigenvalue weighted by atomic mass is 16.5. The van der Waals surface area contributed by atoms with Crippen molar-refractivity contribution in [3.63, 3.8) is 0 Å². The van der Waals surface area contributed by atoms with Gasteiger partial charge in [-0.15, -0.1) is 0 Å². The van der Waals surface area contributed by atoms with Gasteiger partial charge in [0.05, 0.1) is 13.0 Å². The molecule has 1 aliphatic rings. The van der Waals surface area contributed by atoms with Crippen molar-refractivity contribution in [3.8, 4) is 17.1 Å². The fourth-order valence-corrected chi connectivity index (χ4v) is 3.18. The Balaban J connectivity index is 1.53. The Kier molecular flexibility index (Phi) is 4.16. The third-order valence-electron chi connectivity index (χ3n) is 4.58. The lowest BCUT2D eigenvalue weighted by Gasteiger charge is -2.16. The summed E-state index contributed by atoms with van der Waals surface area (Å²) in [5.41, 5.74) is 2.88. The van der Waals surface area contributed by atoms with Gasteiger partial charge in [-0.05, 0) is 48.9 Å². The molecule has 1 atom stereocenters. The molecule has 2 aromatic carbocycles. The molecule has 6 heteroatoms. The van der Waals surface area contributed by atoms with Crippen molar-refractivity contribution < 1.29 is 14.1 Å². The van der Waals surface area contributed by atoms with Gasteiger partial charge in [0.2, 0.25) is 17.6 Å². The number of carbonyl (C=O) groups is 1. The van der Waals surface area contributed by atoms with Gasteiger partial charge in [-0.3, -0.25) is 4.79 Å². The highest BCUT2D eigenvalue weighted by Gasteiger charge is 2.35. The van der Waals surface area contributed by atoms with Crippen molar-refractivity contribution >= 4 is 11.6 Å². The Hall–Kier alpha value is -3.15. The Labute approximate surface area is 151 Å². The van der Waals surface area contributed by atoms with Crippen molar-refractivity contribution in [2.45, 2.75) is 19.3 Å². The largest absolute Gasteiger partial charge is 0.497 e. The van der Waals surface area contributed by atoms with Gasteiger partial charge in [-0.25, -0.2) is 0 Å². The molecule has 0 aliphatic carbocycles. The summed E-state index contributed by atoms with van der Waals surface area (Å²) in [5.74, 6) is 1.77. The van der Waals surface area contributed by atoms with E-state index in [2.05, 4.69) is 10.1 Å². The van der Waals surface area contributed by atoms with Gasteiger partial charge in [0, 0.05) is 24.2 Å². The van der Waals surface area contributed by atoms with Gasteiger partial charge >= 0.3 is 0 Å². The molecule has 0 spiro atoms. The van der Waals surface area contributed by atoms with Gasteiger partial charge in [-0.2, -0.15) is 4.98 Å². The first-order valence-electron chi connectivity index (χ1n) is 8.49. The average Bonchev–Trinajstić information content (AvgIpc) is 3.29. The molecule has 0 radical (unpaired) electrons. The third-order valence-corrected chi connectivity index (χ3v) is 4.58. The Bertz CT molecular complexity index is 933. The summed E-state index contributed by atoms with van der Waals surface area (Å²) < 4.78 is 10.6. The Morgan fingerprint density at radius 1 is 1.19 bits per heavy atom. The van der Waals surface area contributed by atoms with E-state index in [0.717, 1.165) is 22.6 Å². The van der Waals surface area contributed by atoms with Crippen molar-refractivity contribution in [2.24, 2.45) is 0 Å². The van der Waals surface area contributed by atoms with E-state index in [1.54, 1.807) is 12.0 Å². The zero-order chi connectivity index (χ0) is 18.1. The lowest BCUT2D eigenvalue weighted by molar-refractivity contribution is -0.117. The standard InChI is InChI=1S/C20H19N3O3/c1-13-4-3-5-16(10-13)23-12-15(11-18(23)24)20-21-19(22-26-20)14-6-8-17(25-2)9-7-14/h3-10,15H,11-12H2,1-2H3. The molecule has 26 heavy (non-hydrogen) atoms. The first kappa shape index (κ1) is 16.3. The van der Waals surface area contributed by atoms with Crippen LogP contribution in [0.25, 0.3) is 11.4 Å². The molecule has 0 saturated carbocycles. The molecule has 1 amide bonds. The number of aryl methyl sites for hydroxylation is 1. The van der Waals surface area contributed by atoms with Crippen LogP contribution < -0.4 is 9.64 Å². The smallest absolute Gasteiger partial charge is 0.232 e. The highest BCUT2D eigenvalue weighted by Crippen LogP contribution is 2.32. The summed E-state index contributed by atoms with van der Waals surface area (Å²) in [5, 5.41) is 4.07. The first-order valence-corrected chi connectivity index (χ1v) is 8.49. The predicted molar refractivity (Wildman–Crippen MR) is 97.2 cm³/mol. The van der Waals surface area contributed by atoms with Gasteiger partial charge in [0.15, 0.2) is 0 Å². The minimum atomic E-state index is -0.0949. The maximum Gasteiger partial charge on any atom is 0.232 e. The molecular weight excluding hydrogens is 330 g/mol. The van der Waals surface area contributed by atoms with Crippen LogP contribution in [0.5, 0.6) is 5.75 Å². The quantitative estimate of drug-likeness (QED) is 0.720. The zero-order valence-corrected chi connectivity index (χ0v) is 14.7. The number of aromatic nitrogens is 2. The molecule has 0 bridgehead atoms. The normalized spacial score (nSPS) is 16.9. The number of amides is 1. The van der Waals surface area contributed by atoms with Crippen LogP contribution in [0.1, 0.15) is 23.8 Å². The number of hydrogen-bond donors (Lipinski definition) is 0. The van der Waals surface area contributed by atoms with Crippen LogP contribution in [-0.4, -0.2) is 29.7 Å². The summed E-state index contributed by atoms with van der Waals surface area (Å²) in [6, 6.07) is 15.4. The maximum absolute atomic E-state index is 12.4. The van der Waals surface area contributed by atoms with Crippen molar-refractivity contribution in [3.05, 3.63) is 60.0 Å². The number of rotatable bonds is 4. The van der Waals surface area contributed by atoms with E-state index in [1.807, 2.05) is 55.5 Å². The maximum atomic E-state index is 12.4. The van der Waals surface area contributed by atoms with E-state index in [9.17, 15) is 4.79 Å². The molecule has 1 fully saturated rings. The molecule has 1 saturated heterocycles. The van der Waals surface area contributed by atoms with Gasteiger partial charge in [0.1, 0.15) is 5.75 Å². The Morgan fingerprint density at radius 2 is 2.00 bits per heavy atom. The second-order valence-corrected chi connectivity index (χ2v) is 6.43. The van der Waals surface area contributed by atoms with Crippen LogP contribution in [0.2, 0.25) is 0 Å². The summed E-state index contributed by atoms with van der Waals surface area (Å²) in [7, 11) is 1.62. The van der Waals surface area contributed by atoms with E-state index in [-0.39, 0.29) is 11.8 Å². The van der Waals surface area contributed by atoms with Gasteiger partial charge in [-0.1, -0.05) is 17.3 Å². The topological polar surface area (TPSA) is 68.5 Å². The molecular formula is C20H19N3O3. The number of methoxy groups -OCH3 is 1. The second-order valence-electron chi connectivity index (χ2n) is 6.43. The molecule has 132 valence electrons. The first-order chi connectivity index (χ1) is 12.6. The van der Waals surface area contributed by atoms with Crippen LogP contribution in [0, 0.1) is 6.92 Å². The molecule has 4 rings (SSSR count). The number of hydrogen-bond acceptors (Lipinski definition) is 5. The summed E-state index contributed by atoms with van der Waals surface area (Å²) in [6.45, 7) is 2.56. The summed E-state index contributed by atoms with van der Waals surface area (Å²) >= 11 is 0. The third kappa shape index (κ3) is 3.06. The van der Waals surface area contributed by atoms with Gasteiger partial charge in [0.25, 0.3) is 0 Å². The van der Waals surface area contributed by atoms with Crippen molar-refractivity contribution in [1.29, 1.82) is 0 Å². The lowest BCUT2D eigenvalue weighted by Crippen LogP contribution is -2.24. The van der Waals surface area contributed by atoms with Crippen LogP contribution in [0.15, 0.2) is 53.1 Å². The number of nitrogens with zero attached hydrogens (tertiary/aromatic N) is 3. The predicted octanol–water partition coefficient (Wildman–Crippen LogP) is 3.57. The molecule has 6 nitrogen and oxygen atoms in total. The fourth-order valence-electron chi connectivity index (χ4n) is 3.18. The fraction of sp³-hybridized carbons (Fsp3) is 0.250. The number of carbonyl (C=O) groups excluding carboxylic acids is 1. The minimum absolute atomic E-state index is 0.0739. The molecule has 0 N–H and O–H groups in total. The van der Waals surface area contributed by atoms with Crippen LogP contribution in [-0.2, 0) is 4.79 Å². The summed E-state index contributed by atoms with van der Waals surface area (Å²) in [4.78, 5) is 18.7. The molecule has 1 unspecified atom stereocenters. The summed E-state index contributed by atoms with van der Waals surface area (Å²) in [6.07, 6.45) is 0.373. The molecule has 3 aromatic rings. The molecule has 2 heterocycles. The second kappa shape index (κ2) is 6.63. The Morgan fingerprint density at radius 3 is 2.73 bits per heavy atom. The van der Waals surface area contributed by atoms with E-state index in [4.69, 9.17) is 9.26 Å². The minimum Gasteiger partial charge on any atom is -0.497 e. The van der Waals surface area contributed by atoms with E-state index in [1.165, 1.54) is 0 Å². The zero-order valence-electron chi connectivity index (χ0n) is 14.7. The van der Waals surface area contributed by atoms with Crippen LogP contribution in [0.4, 0.5) is 5.69 Å². The van der Waals surface area contributed by atoms with E-state index < -0.39 is 0 Å². The number of benzene rings is 2. The number of ether oxygens (including phenoxy) is 1. The van der Waals surface area contributed by atoms with Crippen LogP contribution in [0.3, 0.4) is 0 Å². The van der Waals surface area contributed by atoms with Crippen LogP contribution >= 0.6 is 0 Å². The highest BCUT2D eigenvalue weighted by molar-refractivity contribution is 5.96. The van der Waals surface area contributed by atoms with Gasteiger partial charge < -0.3 is 14.2 Å². The van der Waals surface area contributed by atoms with E-state index in [0.29, 0.717) is 24.7 Å². The monoisotopic (exact) mass is 349 g/mol. The molecule has 1 aliphatic heterocycles. The lowest BCUT2D eigenvalue weighted by atomic mass is 10.1. The SMILES string of the molecule is COc1ccc(-c2noc(C3CC(=O)N(c4cccc(C)c4)C3)n2)cc1. The average molecular weight is 349 g/mol. The molecule has 1 aromatic heterocycles. The van der Waals surface area contributed by atoms with Crippen molar-refractivity contribution in [2.75, 3.05) is 18.6 Å². The van der Waals surface area contributed by atoms with Crippen molar-refractivity contribution in [1.82, 2.24) is 10.1 Å². The number of anilines is 1. The van der Waals surface area contributed by atoms with E-state index >= 15 is 0 Å².